The van der Waals surface area contributed by atoms with E-state index in [2.05, 4.69) is 10.3 Å². The summed E-state index contributed by atoms with van der Waals surface area (Å²) in [6.07, 6.45) is 2.61. The van der Waals surface area contributed by atoms with Crippen LogP contribution < -0.4 is 5.32 Å². The molecule has 2 N–H and O–H groups in total. The molecule has 4 rings (SSSR count). The number of amidine groups is 1. The van der Waals surface area contributed by atoms with Gasteiger partial charge in [-0.05, 0) is 19.1 Å². The molecule has 0 radical (unpaired) electrons. The zero-order valence-corrected chi connectivity index (χ0v) is 20.7. The van der Waals surface area contributed by atoms with E-state index in [4.69, 9.17) is 26.4 Å². The number of hydrogen-bond donors (Lipinski definition) is 2. The predicted octanol–water partition coefficient (Wildman–Crippen LogP) is 3.75. The standard InChI is InChI=1S/C24H23ClF2N4O4S/c1-2-35-24(34)20-18(12-31-10-13(17(27)11-31)3-6-19(32)33)29-22(23-28-7-8-36-23)30-21(20)15-5-4-14(26)9-16(15)25/h3-9,13,17,21H,2,10-12H2,1H3,(H,29,30)(H,32,33)/b6-3+. The fourth-order valence-electron chi connectivity index (χ4n) is 4.18. The van der Waals surface area contributed by atoms with Crippen molar-refractivity contribution in [3.63, 3.8) is 0 Å². The maximum Gasteiger partial charge on any atom is 0.338 e. The van der Waals surface area contributed by atoms with Crippen molar-refractivity contribution in [1.82, 2.24) is 15.2 Å². The number of aromatic nitrogens is 1. The molecule has 0 amide bonds. The van der Waals surface area contributed by atoms with Gasteiger partial charge in [0.1, 0.15) is 18.0 Å². The Hall–Kier alpha value is -3.15. The number of rotatable bonds is 8. The Labute approximate surface area is 215 Å². The first-order chi connectivity index (χ1) is 17.3. The summed E-state index contributed by atoms with van der Waals surface area (Å²) in [6.45, 7) is 2.21. The zero-order valence-electron chi connectivity index (χ0n) is 19.2. The minimum atomic E-state index is -1.27. The van der Waals surface area contributed by atoms with Crippen LogP contribution in [0.3, 0.4) is 0 Å². The molecule has 3 unspecified atom stereocenters. The van der Waals surface area contributed by atoms with Gasteiger partial charge in [-0.2, -0.15) is 0 Å². The van der Waals surface area contributed by atoms with Gasteiger partial charge in [0.2, 0.25) is 0 Å². The third-order valence-corrected chi connectivity index (χ3v) is 6.85. The van der Waals surface area contributed by atoms with Gasteiger partial charge in [-0.25, -0.2) is 23.4 Å². The molecule has 0 aliphatic carbocycles. The van der Waals surface area contributed by atoms with Crippen molar-refractivity contribution in [2.75, 3.05) is 26.2 Å². The number of benzene rings is 1. The minimum Gasteiger partial charge on any atom is -0.478 e. The van der Waals surface area contributed by atoms with Crippen LogP contribution in [0.5, 0.6) is 0 Å². The number of hydrogen-bond acceptors (Lipinski definition) is 8. The quantitative estimate of drug-likeness (QED) is 0.391. The Kier molecular flexibility index (Phi) is 8.12. The normalized spacial score (nSPS) is 22.6. The van der Waals surface area contributed by atoms with Gasteiger partial charge >= 0.3 is 11.9 Å². The maximum absolute atomic E-state index is 14.7. The molecule has 0 spiro atoms. The summed E-state index contributed by atoms with van der Waals surface area (Å²) < 4.78 is 33.8. The van der Waals surface area contributed by atoms with Crippen molar-refractivity contribution in [3.05, 3.63) is 74.6 Å². The van der Waals surface area contributed by atoms with Crippen molar-refractivity contribution < 1.29 is 28.2 Å². The number of halogens is 3. The lowest BCUT2D eigenvalue weighted by Gasteiger charge is -2.29. The third kappa shape index (κ3) is 5.80. The number of thiazole rings is 1. The maximum atomic E-state index is 14.7. The first-order valence-electron chi connectivity index (χ1n) is 11.1. The fraction of sp³-hybridized carbons (Fsp3) is 0.333. The summed E-state index contributed by atoms with van der Waals surface area (Å²) in [5, 5.41) is 14.5. The van der Waals surface area contributed by atoms with Crippen LogP contribution in [0.2, 0.25) is 5.02 Å². The Morgan fingerprint density at radius 1 is 1.39 bits per heavy atom. The topological polar surface area (TPSA) is 104 Å². The molecule has 3 atom stereocenters. The van der Waals surface area contributed by atoms with Crippen LogP contribution in [0.15, 0.2) is 58.2 Å². The van der Waals surface area contributed by atoms with Crippen LogP contribution in [-0.2, 0) is 14.3 Å². The van der Waals surface area contributed by atoms with E-state index in [1.54, 1.807) is 23.4 Å². The van der Waals surface area contributed by atoms with Crippen molar-refractivity contribution in [2.45, 2.75) is 19.1 Å². The third-order valence-electron chi connectivity index (χ3n) is 5.75. The number of aliphatic carboxylic acids is 1. The lowest BCUT2D eigenvalue weighted by Crippen LogP contribution is -2.39. The minimum absolute atomic E-state index is 0.0433. The largest absolute Gasteiger partial charge is 0.478 e. The number of carbonyl (C=O) groups excluding carboxylic acids is 1. The lowest BCUT2D eigenvalue weighted by atomic mass is 9.95. The number of nitrogens with one attached hydrogen (secondary N) is 1. The summed E-state index contributed by atoms with van der Waals surface area (Å²) in [7, 11) is 0. The first kappa shape index (κ1) is 25.9. The highest BCUT2D eigenvalue weighted by molar-refractivity contribution is 7.11. The van der Waals surface area contributed by atoms with E-state index < -0.39 is 35.9 Å². The Bertz CT molecular complexity index is 1230. The van der Waals surface area contributed by atoms with Gasteiger partial charge in [0.15, 0.2) is 10.8 Å². The van der Waals surface area contributed by atoms with Gasteiger partial charge < -0.3 is 15.2 Å². The van der Waals surface area contributed by atoms with Crippen LogP contribution in [0, 0.1) is 11.7 Å². The molecule has 2 aliphatic heterocycles. The fourth-order valence-corrected chi connectivity index (χ4v) is 5.03. The van der Waals surface area contributed by atoms with Crippen LogP contribution in [0.4, 0.5) is 8.78 Å². The number of carboxylic acid groups (broad SMARTS) is 1. The highest BCUT2D eigenvalue weighted by Crippen LogP contribution is 2.37. The van der Waals surface area contributed by atoms with E-state index in [0.29, 0.717) is 22.1 Å². The van der Waals surface area contributed by atoms with E-state index >= 15 is 0 Å². The first-order valence-corrected chi connectivity index (χ1v) is 12.4. The molecule has 1 aromatic heterocycles. The average Bonchev–Trinajstić information content (AvgIpc) is 3.47. The van der Waals surface area contributed by atoms with Gasteiger partial charge in [0.25, 0.3) is 0 Å². The van der Waals surface area contributed by atoms with Crippen LogP contribution in [0.1, 0.15) is 23.5 Å². The molecule has 190 valence electrons. The number of ether oxygens (including phenoxy) is 1. The molecule has 8 nitrogen and oxygen atoms in total. The van der Waals surface area contributed by atoms with E-state index in [0.717, 1.165) is 12.1 Å². The summed E-state index contributed by atoms with van der Waals surface area (Å²) in [5.74, 6) is -2.53. The summed E-state index contributed by atoms with van der Waals surface area (Å²) >= 11 is 7.70. The smallest absolute Gasteiger partial charge is 0.338 e. The monoisotopic (exact) mass is 536 g/mol. The molecule has 1 saturated heterocycles. The second-order valence-electron chi connectivity index (χ2n) is 8.19. The summed E-state index contributed by atoms with van der Waals surface area (Å²) in [5.41, 5.74) is 1.00. The SMILES string of the molecule is CCOC(=O)C1=C(CN2CC(F)C(/C=C/C(=O)O)C2)NC(c2nccs2)=NC1c1ccc(F)cc1Cl. The number of carbonyl (C=O) groups is 2. The number of alkyl halides is 1. The van der Waals surface area contributed by atoms with Crippen molar-refractivity contribution >= 4 is 40.7 Å². The highest BCUT2D eigenvalue weighted by atomic mass is 35.5. The average molecular weight is 537 g/mol. The molecule has 1 aromatic carbocycles. The molecule has 36 heavy (non-hydrogen) atoms. The Balaban J connectivity index is 1.75. The van der Waals surface area contributed by atoms with Gasteiger partial charge in [0.05, 0.1) is 12.2 Å². The molecule has 3 heterocycles. The van der Waals surface area contributed by atoms with Crippen molar-refractivity contribution in [2.24, 2.45) is 10.9 Å². The molecule has 0 bridgehead atoms. The molecular formula is C24H23ClF2N4O4S. The van der Waals surface area contributed by atoms with Gasteiger partial charge in [-0.3, -0.25) is 9.89 Å². The summed E-state index contributed by atoms with van der Waals surface area (Å²) in [4.78, 5) is 34.8. The van der Waals surface area contributed by atoms with Gasteiger partial charge in [-0.1, -0.05) is 23.7 Å². The Morgan fingerprint density at radius 2 is 2.19 bits per heavy atom. The number of carboxylic acids is 1. The lowest BCUT2D eigenvalue weighted by molar-refractivity contribution is -0.139. The van der Waals surface area contributed by atoms with Gasteiger partial charge in [-0.15, -0.1) is 11.3 Å². The van der Waals surface area contributed by atoms with E-state index in [-0.39, 0.29) is 36.8 Å². The van der Waals surface area contributed by atoms with Crippen LogP contribution in [0.25, 0.3) is 0 Å². The number of esters is 1. The van der Waals surface area contributed by atoms with Crippen LogP contribution in [-0.4, -0.2) is 65.2 Å². The second-order valence-corrected chi connectivity index (χ2v) is 9.49. The zero-order chi connectivity index (χ0) is 25.8. The Morgan fingerprint density at radius 3 is 2.86 bits per heavy atom. The molecule has 1 fully saturated rings. The predicted molar refractivity (Wildman–Crippen MR) is 131 cm³/mol. The van der Waals surface area contributed by atoms with E-state index in [9.17, 15) is 18.4 Å². The van der Waals surface area contributed by atoms with Gasteiger partial charge in [0, 0.05) is 59.5 Å². The number of nitrogens with zero attached hydrogens (tertiary/aromatic N) is 3. The second kappa shape index (κ2) is 11.3. The number of aliphatic imine (C=N–C) groups is 1. The van der Waals surface area contributed by atoms with Crippen molar-refractivity contribution in [1.29, 1.82) is 0 Å². The van der Waals surface area contributed by atoms with E-state index in [1.165, 1.54) is 29.5 Å². The van der Waals surface area contributed by atoms with Crippen LogP contribution >= 0.6 is 22.9 Å². The van der Waals surface area contributed by atoms with E-state index in [1.807, 2.05) is 0 Å². The molecule has 2 aliphatic rings. The molecule has 12 heteroatoms. The highest BCUT2D eigenvalue weighted by Gasteiger charge is 2.37. The molecule has 2 aromatic rings. The summed E-state index contributed by atoms with van der Waals surface area (Å²) in [6, 6.07) is 2.93. The number of likely N-dealkylation sites (tertiary alicyclic amines) is 1. The molecular weight excluding hydrogens is 514 g/mol. The molecule has 0 saturated carbocycles. The van der Waals surface area contributed by atoms with Crippen molar-refractivity contribution in [3.8, 4) is 0 Å².